The summed E-state index contributed by atoms with van der Waals surface area (Å²) in [5.41, 5.74) is 3.78. The van der Waals surface area contributed by atoms with E-state index in [2.05, 4.69) is 56.5 Å². The maximum Gasteiger partial charge on any atom is 0.223 e. The molecule has 1 aromatic carbocycles. The van der Waals surface area contributed by atoms with Crippen molar-refractivity contribution in [2.75, 3.05) is 6.54 Å². The zero-order valence-corrected chi connectivity index (χ0v) is 13.0. The molecule has 0 aromatic heterocycles. The highest BCUT2D eigenvalue weighted by atomic mass is 16.1. The lowest BCUT2D eigenvalue weighted by Gasteiger charge is -2.28. The third kappa shape index (κ3) is 3.40. The first-order valence-corrected chi connectivity index (χ1v) is 7.59. The number of carbonyl (C=O) groups is 1. The summed E-state index contributed by atoms with van der Waals surface area (Å²) in [7, 11) is 0. The molecule has 2 rings (SSSR count). The van der Waals surface area contributed by atoms with Gasteiger partial charge in [-0.2, -0.15) is 0 Å². The molecule has 20 heavy (non-hydrogen) atoms. The molecule has 1 unspecified atom stereocenters. The molecule has 0 spiro atoms. The zero-order chi connectivity index (χ0) is 14.7. The Labute approximate surface area is 122 Å². The van der Waals surface area contributed by atoms with Crippen LogP contribution in [-0.4, -0.2) is 18.5 Å². The Kier molecular flexibility index (Phi) is 4.81. The second kappa shape index (κ2) is 6.40. The van der Waals surface area contributed by atoms with Gasteiger partial charge in [-0.05, 0) is 63.8 Å². The molecule has 0 saturated carbocycles. The standard InChI is InChI=1S/C17H26N2O/c1-11-6-5-7-16(13(11)3)14(4)19-17(20)15-8-9-18-12(2)10-15/h5-7,12,14-15,18H,8-10H2,1-4H3,(H,19,20)/t12-,14?,15-/m0/s1. The van der Waals surface area contributed by atoms with Gasteiger partial charge in [-0.15, -0.1) is 0 Å². The van der Waals surface area contributed by atoms with Gasteiger partial charge in [0.2, 0.25) is 5.91 Å². The quantitative estimate of drug-likeness (QED) is 0.890. The first kappa shape index (κ1) is 15.0. The normalized spacial score (nSPS) is 24.2. The van der Waals surface area contributed by atoms with Gasteiger partial charge in [0.05, 0.1) is 6.04 Å². The van der Waals surface area contributed by atoms with Gasteiger partial charge in [0, 0.05) is 12.0 Å². The van der Waals surface area contributed by atoms with Gasteiger partial charge >= 0.3 is 0 Å². The van der Waals surface area contributed by atoms with Gasteiger partial charge in [0.1, 0.15) is 0 Å². The maximum atomic E-state index is 12.4. The minimum atomic E-state index is 0.0765. The Bertz CT molecular complexity index is 484. The van der Waals surface area contributed by atoms with Crippen LogP contribution in [0.15, 0.2) is 18.2 Å². The molecule has 3 nitrogen and oxygen atoms in total. The molecule has 1 amide bonds. The number of hydrogen-bond acceptors (Lipinski definition) is 2. The topological polar surface area (TPSA) is 41.1 Å². The van der Waals surface area contributed by atoms with E-state index in [4.69, 9.17) is 0 Å². The molecule has 0 bridgehead atoms. The van der Waals surface area contributed by atoms with Gasteiger partial charge in [0.15, 0.2) is 0 Å². The van der Waals surface area contributed by atoms with Crippen LogP contribution in [0.2, 0.25) is 0 Å². The molecule has 1 fully saturated rings. The summed E-state index contributed by atoms with van der Waals surface area (Å²) < 4.78 is 0. The summed E-state index contributed by atoms with van der Waals surface area (Å²) in [6, 6.07) is 6.80. The van der Waals surface area contributed by atoms with E-state index in [0.29, 0.717) is 6.04 Å². The van der Waals surface area contributed by atoms with Crippen LogP contribution in [0, 0.1) is 19.8 Å². The largest absolute Gasteiger partial charge is 0.349 e. The average Bonchev–Trinajstić information content (AvgIpc) is 2.41. The van der Waals surface area contributed by atoms with Crippen molar-refractivity contribution in [3.63, 3.8) is 0 Å². The van der Waals surface area contributed by atoms with Gasteiger partial charge in [-0.1, -0.05) is 18.2 Å². The van der Waals surface area contributed by atoms with E-state index in [1.807, 2.05) is 0 Å². The molecule has 2 N–H and O–H groups in total. The molecular formula is C17H26N2O. The molecule has 1 heterocycles. The highest BCUT2D eigenvalue weighted by Gasteiger charge is 2.25. The van der Waals surface area contributed by atoms with Crippen LogP contribution < -0.4 is 10.6 Å². The second-order valence-electron chi connectivity index (χ2n) is 6.10. The average molecular weight is 274 g/mol. The molecule has 1 aliphatic rings. The van der Waals surface area contributed by atoms with Gasteiger partial charge < -0.3 is 10.6 Å². The van der Waals surface area contributed by atoms with Crippen LogP contribution in [0.1, 0.15) is 49.4 Å². The predicted molar refractivity (Wildman–Crippen MR) is 82.7 cm³/mol. The summed E-state index contributed by atoms with van der Waals surface area (Å²) >= 11 is 0. The van der Waals surface area contributed by atoms with Gasteiger partial charge in [-0.3, -0.25) is 4.79 Å². The first-order valence-electron chi connectivity index (χ1n) is 7.59. The van der Waals surface area contributed by atoms with Crippen LogP contribution in [0.5, 0.6) is 0 Å². The second-order valence-corrected chi connectivity index (χ2v) is 6.10. The fraction of sp³-hybridized carbons (Fsp3) is 0.588. The fourth-order valence-electron chi connectivity index (χ4n) is 3.02. The lowest BCUT2D eigenvalue weighted by Crippen LogP contribution is -2.43. The molecule has 0 aliphatic carbocycles. The number of hydrogen-bond donors (Lipinski definition) is 2. The van der Waals surface area contributed by atoms with Crippen molar-refractivity contribution in [2.24, 2.45) is 5.92 Å². The number of benzene rings is 1. The number of amides is 1. The third-order valence-electron chi connectivity index (χ3n) is 4.47. The van der Waals surface area contributed by atoms with Crippen molar-refractivity contribution in [3.8, 4) is 0 Å². The highest BCUT2D eigenvalue weighted by Crippen LogP contribution is 2.22. The van der Waals surface area contributed by atoms with Crippen LogP contribution in [-0.2, 0) is 4.79 Å². The van der Waals surface area contributed by atoms with Crippen LogP contribution in [0.3, 0.4) is 0 Å². The van der Waals surface area contributed by atoms with E-state index in [1.54, 1.807) is 0 Å². The van der Waals surface area contributed by atoms with E-state index in [9.17, 15) is 4.79 Å². The summed E-state index contributed by atoms with van der Waals surface area (Å²) in [6.45, 7) is 9.40. The number of carbonyl (C=O) groups excluding carboxylic acids is 1. The van der Waals surface area contributed by atoms with Crippen molar-refractivity contribution in [3.05, 3.63) is 34.9 Å². The van der Waals surface area contributed by atoms with E-state index >= 15 is 0 Å². The first-order chi connectivity index (χ1) is 9.49. The van der Waals surface area contributed by atoms with Crippen molar-refractivity contribution in [2.45, 2.75) is 52.6 Å². The Morgan fingerprint density at radius 3 is 2.85 bits per heavy atom. The van der Waals surface area contributed by atoms with Crippen LogP contribution in [0.4, 0.5) is 0 Å². The van der Waals surface area contributed by atoms with Crippen molar-refractivity contribution < 1.29 is 4.79 Å². The number of aryl methyl sites for hydroxylation is 1. The Morgan fingerprint density at radius 2 is 2.15 bits per heavy atom. The number of nitrogens with one attached hydrogen (secondary N) is 2. The van der Waals surface area contributed by atoms with Crippen molar-refractivity contribution in [1.82, 2.24) is 10.6 Å². The zero-order valence-electron chi connectivity index (χ0n) is 13.0. The van der Waals surface area contributed by atoms with Crippen LogP contribution >= 0.6 is 0 Å². The highest BCUT2D eigenvalue weighted by molar-refractivity contribution is 5.79. The maximum absolute atomic E-state index is 12.4. The molecule has 1 aliphatic heterocycles. The lowest BCUT2D eigenvalue weighted by molar-refractivity contribution is -0.126. The smallest absolute Gasteiger partial charge is 0.223 e. The molecule has 110 valence electrons. The third-order valence-corrected chi connectivity index (χ3v) is 4.47. The SMILES string of the molecule is Cc1cccc(C(C)NC(=O)[C@H]2CCN[C@@H](C)C2)c1C. The summed E-state index contributed by atoms with van der Waals surface area (Å²) in [5.74, 6) is 0.352. The Morgan fingerprint density at radius 1 is 1.40 bits per heavy atom. The van der Waals surface area contributed by atoms with Gasteiger partial charge in [-0.25, -0.2) is 0 Å². The molecule has 0 radical (unpaired) electrons. The number of rotatable bonds is 3. The minimum Gasteiger partial charge on any atom is -0.349 e. The van der Waals surface area contributed by atoms with E-state index < -0.39 is 0 Å². The molecule has 3 heteroatoms. The lowest BCUT2D eigenvalue weighted by atomic mass is 9.91. The predicted octanol–water partition coefficient (Wildman–Crippen LogP) is 2.87. The summed E-state index contributed by atoms with van der Waals surface area (Å²) in [5, 5.41) is 6.58. The van der Waals surface area contributed by atoms with E-state index in [0.717, 1.165) is 19.4 Å². The molecule has 3 atom stereocenters. The molecule has 1 saturated heterocycles. The summed E-state index contributed by atoms with van der Waals surface area (Å²) in [6.07, 6.45) is 1.88. The van der Waals surface area contributed by atoms with Crippen LogP contribution in [0.25, 0.3) is 0 Å². The van der Waals surface area contributed by atoms with Gasteiger partial charge in [0.25, 0.3) is 0 Å². The minimum absolute atomic E-state index is 0.0765. The Balaban J connectivity index is 2.02. The molecule has 1 aromatic rings. The summed E-state index contributed by atoms with van der Waals surface area (Å²) in [4.78, 5) is 12.4. The monoisotopic (exact) mass is 274 g/mol. The van der Waals surface area contributed by atoms with E-state index in [-0.39, 0.29) is 17.9 Å². The van der Waals surface area contributed by atoms with Crippen molar-refractivity contribution >= 4 is 5.91 Å². The Hall–Kier alpha value is -1.35. The van der Waals surface area contributed by atoms with E-state index in [1.165, 1.54) is 16.7 Å². The van der Waals surface area contributed by atoms with Crippen molar-refractivity contribution in [1.29, 1.82) is 0 Å². The fourth-order valence-corrected chi connectivity index (χ4v) is 3.02. The number of piperidine rings is 1. The molecular weight excluding hydrogens is 248 g/mol.